The summed E-state index contributed by atoms with van der Waals surface area (Å²) in [4.78, 5) is 37.4. The van der Waals surface area contributed by atoms with Crippen molar-refractivity contribution < 1.29 is 18.8 Å². The molecule has 3 aromatic rings. The third-order valence-electron chi connectivity index (χ3n) is 4.34. The zero-order valence-electron chi connectivity index (χ0n) is 15.8. The number of hydrogen-bond donors (Lipinski definition) is 3. The number of hydrogen-bond acceptors (Lipinski definition) is 4. The highest BCUT2D eigenvalue weighted by Gasteiger charge is 2.23. The van der Waals surface area contributed by atoms with E-state index < -0.39 is 17.9 Å². The number of rotatable bonds is 6. The summed E-state index contributed by atoms with van der Waals surface area (Å²) in [6, 6.07) is 18.6. The minimum absolute atomic E-state index is 0.270. The van der Waals surface area contributed by atoms with Gasteiger partial charge in [0.25, 0.3) is 17.7 Å². The maximum Gasteiger partial charge on any atom is 0.273 e. The van der Waals surface area contributed by atoms with Crippen molar-refractivity contribution in [2.24, 2.45) is 0 Å². The van der Waals surface area contributed by atoms with Crippen LogP contribution in [0.1, 0.15) is 32.0 Å². The highest BCUT2D eigenvalue weighted by atomic mass is 16.3. The molecule has 29 heavy (non-hydrogen) atoms. The van der Waals surface area contributed by atoms with Crippen molar-refractivity contribution in [1.82, 2.24) is 16.2 Å². The molecule has 1 atom stereocenters. The van der Waals surface area contributed by atoms with Gasteiger partial charge in [0.2, 0.25) is 0 Å². The summed E-state index contributed by atoms with van der Waals surface area (Å²) in [5.41, 5.74) is 6.37. The van der Waals surface area contributed by atoms with E-state index in [4.69, 9.17) is 4.42 Å². The van der Waals surface area contributed by atoms with Crippen LogP contribution in [0.4, 0.5) is 0 Å². The van der Waals surface area contributed by atoms with Crippen LogP contribution in [-0.4, -0.2) is 23.8 Å². The molecule has 148 valence electrons. The number of carbonyl (C=O) groups is 3. The molecule has 0 aliphatic heterocycles. The molecule has 3 amide bonds. The summed E-state index contributed by atoms with van der Waals surface area (Å²) in [5, 5.41) is 2.73. The molecule has 0 radical (unpaired) electrons. The maximum absolute atomic E-state index is 12.7. The molecule has 0 aliphatic carbocycles. The van der Waals surface area contributed by atoms with E-state index in [-0.39, 0.29) is 12.3 Å². The summed E-state index contributed by atoms with van der Waals surface area (Å²) in [7, 11) is 0. The van der Waals surface area contributed by atoms with E-state index in [1.54, 1.807) is 37.3 Å². The van der Waals surface area contributed by atoms with Gasteiger partial charge in [-0.1, -0.05) is 48.5 Å². The summed E-state index contributed by atoms with van der Waals surface area (Å²) in [6.07, 6.45) is 1.66. The van der Waals surface area contributed by atoms with Crippen molar-refractivity contribution in [3.8, 4) is 0 Å². The zero-order chi connectivity index (χ0) is 20.6. The number of furan rings is 1. The maximum atomic E-state index is 12.7. The fraction of sp³-hybridized carbons (Fsp3) is 0.136. The van der Waals surface area contributed by atoms with Gasteiger partial charge in [0, 0.05) is 12.0 Å². The second kappa shape index (κ2) is 9.36. The van der Waals surface area contributed by atoms with Crippen molar-refractivity contribution in [3.63, 3.8) is 0 Å². The normalized spacial score (nSPS) is 11.3. The molecular formula is C22H21N3O4. The van der Waals surface area contributed by atoms with Crippen LogP contribution in [0, 0.1) is 6.92 Å². The number of amides is 3. The highest BCUT2D eigenvalue weighted by molar-refractivity contribution is 5.99. The lowest BCUT2D eigenvalue weighted by Gasteiger charge is -2.19. The first-order chi connectivity index (χ1) is 14.0. The van der Waals surface area contributed by atoms with Crippen LogP contribution >= 0.6 is 0 Å². The van der Waals surface area contributed by atoms with Gasteiger partial charge in [0.15, 0.2) is 0 Å². The Morgan fingerprint density at radius 3 is 2.14 bits per heavy atom. The van der Waals surface area contributed by atoms with Gasteiger partial charge in [-0.2, -0.15) is 0 Å². The van der Waals surface area contributed by atoms with E-state index in [0.717, 1.165) is 5.56 Å². The van der Waals surface area contributed by atoms with E-state index in [0.29, 0.717) is 16.9 Å². The van der Waals surface area contributed by atoms with Crippen molar-refractivity contribution in [2.75, 3.05) is 0 Å². The van der Waals surface area contributed by atoms with Gasteiger partial charge >= 0.3 is 0 Å². The Morgan fingerprint density at radius 2 is 1.52 bits per heavy atom. The first-order valence-corrected chi connectivity index (χ1v) is 9.08. The Labute approximate surface area is 168 Å². The zero-order valence-corrected chi connectivity index (χ0v) is 15.8. The minimum atomic E-state index is -0.879. The van der Waals surface area contributed by atoms with Crippen LogP contribution in [0.5, 0.6) is 0 Å². The van der Waals surface area contributed by atoms with Gasteiger partial charge in [-0.15, -0.1) is 0 Å². The van der Waals surface area contributed by atoms with Gasteiger partial charge in [-0.05, 0) is 30.7 Å². The lowest BCUT2D eigenvalue weighted by Crippen LogP contribution is -2.53. The lowest BCUT2D eigenvalue weighted by molar-refractivity contribution is -0.123. The van der Waals surface area contributed by atoms with Gasteiger partial charge < -0.3 is 9.73 Å². The van der Waals surface area contributed by atoms with Crippen LogP contribution in [0.15, 0.2) is 77.4 Å². The number of nitrogens with one attached hydrogen (secondary N) is 3. The molecule has 3 N–H and O–H groups in total. The number of benzene rings is 2. The van der Waals surface area contributed by atoms with E-state index in [9.17, 15) is 14.4 Å². The minimum Gasteiger partial charge on any atom is -0.469 e. The summed E-state index contributed by atoms with van der Waals surface area (Å²) < 4.78 is 5.09. The number of carbonyl (C=O) groups excluding carboxylic acids is 3. The molecule has 2 aromatic carbocycles. The molecule has 0 fully saturated rings. The van der Waals surface area contributed by atoms with Crippen LogP contribution in [0.25, 0.3) is 0 Å². The SMILES string of the molecule is Cc1occc1C(=O)NNC(=O)[C@H](Cc1ccccc1)NC(=O)c1ccccc1. The monoisotopic (exact) mass is 391 g/mol. The standard InChI is InChI=1S/C22H21N3O4/c1-15-18(12-13-29-15)21(27)24-25-22(28)19(14-16-8-4-2-5-9-16)23-20(26)17-10-6-3-7-11-17/h2-13,19H,14H2,1H3,(H,23,26)(H,24,27)(H,25,28)/t19-/m0/s1. The first kappa shape index (κ1) is 19.9. The molecule has 0 unspecified atom stereocenters. The largest absolute Gasteiger partial charge is 0.469 e. The number of hydrazine groups is 1. The van der Waals surface area contributed by atoms with Gasteiger partial charge in [0.1, 0.15) is 11.8 Å². The highest BCUT2D eigenvalue weighted by Crippen LogP contribution is 2.08. The van der Waals surface area contributed by atoms with E-state index in [2.05, 4.69) is 16.2 Å². The van der Waals surface area contributed by atoms with Crippen LogP contribution in [0.3, 0.4) is 0 Å². The van der Waals surface area contributed by atoms with E-state index in [1.165, 1.54) is 12.3 Å². The molecule has 3 rings (SSSR count). The van der Waals surface area contributed by atoms with E-state index >= 15 is 0 Å². The topological polar surface area (TPSA) is 100 Å². The molecule has 0 bridgehead atoms. The van der Waals surface area contributed by atoms with Crippen molar-refractivity contribution in [3.05, 3.63) is 95.4 Å². The van der Waals surface area contributed by atoms with Crippen molar-refractivity contribution >= 4 is 17.7 Å². The summed E-state index contributed by atoms with van der Waals surface area (Å²) >= 11 is 0. The second-order valence-electron chi connectivity index (χ2n) is 6.42. The molecule has 7 nitrogen and oxygen atoms in total. The van der Waals surface area contributed by atoms with E-state index in [1.807, 2.05) is 30.3 Å². The average Bonchev–Trinajstić information content (AvgIpc) is 3.18. The second-order valence-corrected chi connectivity index (χ2v) is 6.42. The molecule has 1 aromatic heterocycles. The Morgan fingerprint density at radius 1 is 0.862 bits per heavy atom. The lowest BCUT2D eigenvalue weighted by atomic mass is 10.0. The Bertz CT molecular complexity index is 984. The van der Waals surface area contributed by atoms with Crippen molar-refractivity contribution in [2.45, 2.75) is 19.4 Å². The van der Waals surface area contributed by atoms with Crippen molar-refractivity contribution in [1.29, 1.82) is 0 Å². The van der Waals surface area contributed by atoms with Gasteiger partial charge in [-0.25, -0.2) is 0 Å². The smallest absolute Gasteiger partial charge is 0.273 e. The predicted molar refractivity (Wildman–Crippen MR) is 107 cm³/mol. The fourth-order valence-electron chi connectivity index (χ4n) is 2.78. The van der Waals surface area contributed by atoms with Gasteiger partial charge in [0.05, 0.1) is 11.8 Å². The van der Waals surface area contributed by atoms with Crippen LogP contribution < -0.4 is 16.2 Å². The average molecular weight is 391 g/mol. The molecule has 0 aliphatic rings. The van der Waals surface area contributed by atoms with Gasteiger partial charge in [-0.3, -0.25) is 25.2 Å². The molecular weight excluding hydrogens is 370 g/mol. The quantitative estimate of drug-likeness (QED) is 0.562. The Balaban J connectivity index is 1.69. The van der Waals surface area contributed by atoms with Crippen LogP contribution in [0.2, 0.25) is 0 Å². The third kappa shape index (κ3) is 5.32. The molecule has 0 spiro atoms. The Hall–Kier alpha value is -3.87. The summed E-state index contributed by atoms with van der Waals surface area (Å²) in [5.74, 6) is -0.973. The fourth-order valence-corrected chi connectivity index (χ4v) is 2.78. The molecule has 0 saturated carbocycles. The third-order valence-corrected chi connectivity index (χ3v) is 4.34. The number of aryl methyl sites for hydroxylation is 1. The first-order valence-electron chi connectivity index (χ1n) is 9.08. The molecule has 0 saturated heterocycles. The molecule has 1 heterocycles. The molecule has 7 heteroatoms. The predicted octanol–water partition coefficient (Wildman–Crippen LogP) is 2.39. The Kier molecular flexibility index (Phi) is 6.42. The van der Waals surface area contributed by atoms with Crippen LogP contribution in [-0.2, 0) is 11.2 Å². The summed E-state index contributed by atoms with van der Waals surface area (Å²) in [6.45, 7) is 1.65.